The molecule has 2 N–H and O–H groups in total. The Labute approximate surface area is 115 Å². The molecule has 1 heterocycles. The van der Waals surface area contributed by atoms with Crippen LogP contribution < -0.4 is 5.73 Å². The fourth-order valence-corrected chi connectivity index (χ4v) is 4.47. The molecule has 0 amide bonds. The van der Waals surface area contributed by atoms with Gasteiger partial charge in [0, 0.05) is 19.6 Å². The Kier molecular flexibility index (Phi) is 3.73. The summed E-state index contributed by atoms with van der Waals surface area (Å²) in [6.07, 6.45) is 0.905. The van der Waals surface area contributed by atoms with Gasteiger partial charge in [0.1, 0.15) is 0 Å². The number of hydrogen-bond donors (Lipinski definition) is 1. The summed E-state index contributed by atoms with van der Waals surface area (Å²) in [5.74, 6) is 0. The maximum atomic E-state index is 12.7. The summed E-state index contributed by atoms with van der Waals surface area (Å²) in [6, 6.07) is 5.32. The first-order valence-electron chi connectivity index (χ1n) is 6.57. The van der Waals surface area contributed by atoms with Crippen LogP contribution in [0.2, 0.25) is 0 Å². The second kappa shape index (κ2) is 4.89. The summed E-state index contributed by atoms with van der Waals surface area (Å²) in [5, 5.41) is 0. The van der Waals surface area contributed by atoms with Crippen molar-refractivity contribution in [2.24, 2.45) is 11.1 Å². The van der Waals surface area contributed by atoms with E-state index in [1.165, 1.54) is 0 Å². The van der Waals surface area contributed by atoms with E-state index in [1.54, 1.807) is 16.4 Å². The molecule has 0 atom stereocenters. The lowest BCUT2D eigenvalue weighted by atomic mass is 9.93. The summed E-state index contributed by atoms with van der Waals surface area (Å²) in [6.45, 7) is 7.58. The van der Waals surface area contributed by atoms with Crippen LogP contribution in [-0.4, -0.2) is 25.8 Å². The average molecular weight is 282 g/mol. The smallest absolute Gasteiger partial charge is 0.243 e. The van der Waals surface area contributed by atoms with Crippen molar-refractivity contribution >= 4 is 10.0 Å². The van der Waals surface area contributed by atoms with Gasteiger partial charge in [0.2, 0.25) is 10.0 Å². The molecule has 1 saturated heterocycles. The van der Waals surface area contributed by atoms with E-state index in [2.05, 4.69) is 13.8 Å². The van der Waals surface area contributed by atoms with Crippen molar-refractivity contribution in [3.8, 4) is 0 Å². The molecule has 1 aromatic rings. The van der Waals surface area contributed by atoms with Crippen molar-refractivity contribution in [2.45, 2.75) is 38.6 Å². The van der Waals surface area contributed by atoms with Gasteiger partial charge in [0.15, 0.2) is 0 Å². The molecule has 1 aromatic carbocycles. The van der Waals surface area contributed by atoms with E-state index < -0.39 is 10.0 Å². The molecule has 1 fully saturated rings. The lowest BCUT2D eigenvalue weighted by Gasteiger charge is -2.21. The van der Waals surface area contributed by atoms with Crippen molar-refractivity contribution in [1.29, 1.82) is 0 Å². The highest BCUT2D eigenvalue weighted by atomic mass is 32.2. The van der Waals surface area contributed by atoms with Crippen molar-refractivity contribution in [3.05, 3.63) is 29.3 Å². The molecule has 0 spiro atoms. The van der Waals surface area contributed by atoms with Crippen LogP contribution in [-0.2, 0) is 16.6 Å². The molecule has 1 aliphatic rings. The largest absolute Gasteiger partial charge is 0.326 e. The molecule has 0 saturated carbocycles. The van der Waals surface area contributed by atoms with Gasteiger partial charge in [0.25, 0.3) is 0 Å². The molecule has 4 nitrogen and oxygen atoms in total. The second-order valence-electron chi connectivity index (χ2n) is 6.00. The van der Waals surface area contributed by atoms with Crippen LogP contribution in [0.25, 0.3) is 0 Å². The molecule has 5 heteroatoms. The zero-order valence-corrected chi connectivity index (χ0v) is 12.6. The Balaban J connectivity index is 2.41. The number of sulfonamides is 1. The topological polar surface area (TPSA) is 63.4 Å². The highest BCUT2D eigenvalue weighted by Crippen LogP contribution is 2.33. The van der Waals surface area contributed by atoms with Crippen LogP contribution in [0.3, 0.4) is 0 Å². The maximum absolute atomic E-state index is 12.7. The van der Waals surface area contributed by atoms with Crippen molar-refractivity contribution in [2.75, 3.05) is 13.1 Å². The van der Waals surface area contributed by atoms with Gasteiger partial charge in [0.05, 0.1) is 4.90 Å². The zero-order chi connectivity index (χ0) is 14.3. The van der Waals surface area contributed by atoms with Crippen LogP contribution in [0.15, 0.2) is 23.1 Å². The second-order valence-corrected chi connectivity index (χ2v) is 7.90. The van der Waals surface area contributed by atoms with E-state index in [-0.39, 0.29) is 5.41 Å². The summed E-state index contributed by atoms with van der Waals surface area (Å²) in [4.78, 5) is 0.396. The lowest BCUT2D eigenvalue weighted by Crippen LogP contribution is -2.31. The molecule has 1 aliphatic heterocycles. The van der Waals surface area contributed by atoms with Gasteiger partial charge in [-0.05, 0) is 36.0 Å². The molecule has 0 radical (unpaired) electrons. The summed E-state index contributed by atoms with van der Waals surface area (Å²) < 4.78 is 27.0. The van der Waals surface area contributed by atoms with E-state index in [1.807, 2.05) is 13.0 Å². The number of rotatable bonds is 3. The third-order valence-corrected chi connectivity index (χ3v) is 5.87. The van der Waals surface area contributed by atoms with Crippen LogP contribution in [0.4, 0.5) is 0 Å². The van der Waals surface area contributed by atoms with Gasteiger partial charge in [-0.1, -0.05) is 26.0 Å². The predicted octanol–water partition coefficient (Wildman–Crippen LogP) is 1.87. The Bertz CT molecular complexity index is 579. The fourth-order valence-electron chi connectivity index (χ4n) is 2.57. The van der Waals surface area contributed by atoms with Gasteiger partial charge >= 0.3 is 0 Å². The Morgan fingerprint density at radius 2 is 2.05 bits per heavy atom. The highest BCUT2D eigenvalue weighted by Gasteiger charge is 2.37. The van der Waals surface area contributed by atoms with Crippen LogP contribution in [0.5, 0.6) is 0 Å². The first-order chi connectivity index (χ1) is 8.78. The maximum Gasteiger partial charge on any atom is 0.243 e. The van der Waals surface area contributed by atoms with Crippen LogP contribution in [0, 0.1) is 12.3 Å². The van der Waals surface area contributed by atoms with Crippen LogP contribution >= 0.6 is 0 Å². The molecule has 0 aromatic heterocycles. The fraction of sp³-hybridized carbons (Fsp3) is 0.571. The van der Waals surface area contributed by atoms with E-state index >= 15 is 0 Å². The minimum Gasteiger partial charge on any atom is -0.326 e. The molecular formula is C14H22N2O2S. The summed E-state index contributed by atoms with van der Waals surface area (Å²) in [7, 11) is -3.40. The quantitative estimate of drug-likeness (QED) is 0.920. The third kappa shape index (κ3) is 2.68. The van der Waals surface area contributed by atoms with E-state index in [0.29, 0.717) is 24.5 Å². The first kappa shape index (κ1) is 14.5. The van der Waals surface area contributed by atoms with Gasteiger partial charge in [-0.25, -0.2) is 8.42 Å². The minimum atomic E-state index is -3.40. The molecule has 106 valence electrons. The first-order valence-corrected chi connectivity index (χ1v) is 8.01. The number of nitrogens with zero attached hydrogens (tertiary/aromatic N) is 1. The van der Waals surface area contributed by atoms with E-state index in [4.69, 9.17) is 5.73 Å². The molecule has 0 unspecified atom stereocenters. The molecule has 0 aliphatic carbocycles. The molecule has 0 bridgehead atoms. The Morgan fingerprint density at radius 3 is 2.58 bits per heavy atom. The monoisotopic (exact) mass is 282 g/mol. The summed E-state index contributed by atoms with van der Waals surface area (Å²) >= 11 is 0. The van der Waals surface area contributed by atoms with E-state index in [9.17, 15) is 8.42 Å². The standard InChI is InChI=1S/C14H22N2O2S/c1-11-12(9-15)5-4-6-13(11)19(17,18)16-8-7-14(2,3)10-16/h4-6H,7-10,15H2,1-3H3. The zero-order valence-electron chi connectivity index (χ0n) is 11.8. The molecular weight excluding hydrogens is 260 g/mol. The SMILES string of the molecule is Cc1c(CN)cccc1S(=O)(=O)N1CCC(C)(C)C1. The lowest BCUT2D eigenvalue weighted by molar-refractivity contribution is 0.375. The third-order valence-electron chi connectivity index (χ3n) is 3.88. The Hall–Kier alpha value is -0.910. The van der Waals surface area contributed by atoms with Crippen molar-refractivity contribution in [3.63, 3.8) is 0 Å². The number of hydrogen-bond acceptors (Lipinski definition) is 3. The van der Waals surface area contributed by atoms with Crippen molar-refractivity contribution in [1.82, 2.24) is 4.31 Å². The average Bonchev–Trinajstić information content (AvgIpc) is 2.70. The highest BCUT2D eigenvalue weighted by molar-refractivity contribution is 7.89. The Morgan fingerprint density at radius 1 is 1.37 bits per heavy atom. The van der Waals surface area contributed by atoms with Crippen LogP contribution in [0.1, 0.15) is 31.4 Å². The van der Waals surface area contributed by atoms with Crippen molar-refractivity contribution < 1.29 is 8.42 Å². The number of benzene rings is 1. The van der Waals surface area contributed by atoms with Gasteiger partial charge < -0.3 is 5.73 Å². The minimum absolute atomic E-state index is 0.0620. The van der Waals surface area contributed by atoms with E-state index in [0.717, 1.165) is 17.5 Å². The normalized spacial score (nSPS) is 19.8. The van der Waals surface area contributed by atoms with Gasteiger partial charge in [-0.2, -0.15) is 4.31 Å². The van der Waals surface area contributed by atoms with Gasteiger partial charge in [-0.3, -0.25) is 0 Å². The summed E-state index contributed by atoms with van der Waals surface area (Å²) in [5.41, 5.74) is 7.37. The predicted molar refractivity (Wildman–Crippen MR) is 76.2 cm³/mol. The molecule has 2 rings (SSSR count). The van der Waals surface area contributed by atoms with Gasteiger partial charge in [-0.15, -0.1) is 0 Å². The molecule has 19 heavy (non-hydrogen) atoms. The number of nitrogens with two attached hydrogens (primary N) is 1.